The molecular weight excluding hydrogens is 419 g/mol. The molecule has 3 amide bonds. The minimum atomic E-state index is -0.588. The Morgan fingerprint density at radius 1 is 1.31 bits per heavy atom. The van der Waals surface area contributed by atoms with E-state index >= 15 is 0 Å². The summed E-state index contributed by atoms with van der Waals surface area (Å²) in [4.78, 5) is 41.4. The Hall–Kier alpha value is -4.02. The number of ether oxygens (including phenoxy) is 1. The van der Waals surface area contributed by atoms with Crippen LogP contribution in [0.2, 0.25) is 0 Å². The van der Waals surface area contributed by atoms with Gasteiger partial charge in [-0.1, -0.05) is 0 Å². The Labute approximate surface area is 183 Å². The van der Waals surface area contributed by atoms with Gasteiger partial charge in [0.2, 0.25) is 12.3 Å². The van der Waals surface area contributed by atoms with Gasteiger partial charge in [-0.2, -0.15) is 5.10 Å². The quantitative estimate of drug-likeness (QED) is 0.684. The Balaban J connectivity index is 1.46. The maximum absolute atomic E-state index is 14.9. The molecule has 4 rings (SSSR count). The number of halogens is 1. The summed E-state index contributed by atoms with van der Waals surface area (Å²) in [5.41, 5.74) is 1.29. The highest BCUT2D eigenvalue weighted by molar-refractivity contribution is 5.90. The minimum Gasteiger partial charge on any atom is -0.442 e. The van der Waals surface area contributed by atoms with E-state index in [1.807, 2.05) is 0 Å². The van der Waals surface area contributed by atoms with Gasteiger partial charge >= 0.3 is 6.09 Å². The third kappa shape index (κ3) is 4.51. The molecule has 11 heteroatoms. The van der Waals surface area contributed by atoms with Crippen molar-refractivity contribution in [3.05, 3.63) is 42.3 Å². The van der Waals surface area contributed by atoms with E-state index in [4.69, 9.17) is 4.74 Å². The summed E-state index contributed by atoms with van der Waals surface area (Å²) in [5.74, 6) is -0.0912. The molecule has 1 N–H and O–H groups in total. The molecule has 0 spiro atoms. The zero-order valence-corrected chi connectivity index (χ0v) is 17.3. The second-order valence-electron chi connectivity index (χ2n) is 7.32. The number of cyclic esters (lactones) is 1. The average molecular weight is 440 g/mol. The van der Waals surface area contributed by atoms with Crippen molar-refractivity contribution in [1.82, 2.24) is 15.3 Å². The van der Waals surface area contributed by atoms with Gasteiger partial charge in [0, 0.05) is 30.8 Å². The summed E-state index contributed by atoms with van der Waals surface area (Å²) < 4.78 is 20.1. The van der Waals surface area contributed by atoms with Crippen molar-refractivity contribution in [2.45, 2.75) is 13.0 Å². The van der Waals surface area contributed by atoms with E-state index in [0.717, 1.165) is 0 Å². The van der Waals surface area contributed by atoms with Gasteiger partial charge in [0.1, 0.15) is 24.1 Å². The van der Waals surface area contributed by atoms with Gasteiger partial charge < -0.3 is 15.0 Å². The van der Waals surface area contributed by atoms with Crippen LogP contribution in [0.15, 0.2) is 41.6 Å². The fourth-order valence-corrected chi connectivity index (χ4v) is 3.43. The predicted octanol–water partition coefficient (Wildman–Crippen LogP) is 1.57. The number of hydrogen-bond donors (Lipinski definition) is 1. The first-order valence-electron chi connectivity index (χ1n) is 9.96. The van der Waals surface area contributed by atoms with Crippen molar-refractivity contribution >= 4 is 36.3 Å². The van der Waals surface area contributed by atoms with Crippen molar-refractivity contribution in [3.8, 4) is 11.1 Å². The third-order valence-corrected chi connectivity index (χ3v) is 5.10. The maximum Gasteiger partial charge on any atom is 0.414 e. The van der Waals surface area contributed by atoms with E-state index in [0.29, 0.717) is 42.1 Å². The van der Waals surface area contributed by atoms with Crippen molar-refractivity contribution in [3.63, 3.8) is 0 Å². The van der Waals surface area contributed by atoms with E-state index in [1.54, 1.807) is 35.4 Å². The zero-order valence-electron chi connectivity index (χ0n) is 17.3. The summed E-state index contributed by atoms with van der Waals surface area (Å²) in [7, 11) is 0. The number of nitrogens with one attached hydrogen (secondary N) is 1. The third-order valence-electron chi connectivity index (χ3n) is 5.10. The predicted molar refractivity (Wildman–Crippen MR) is 115 cm³/mol. The number of rotatable bonds is 6. The second kappa shape index (κ2) is 9.00. The Bertz CT molecular complexity index is 1060. The molecule has 1 atom stereocenters. The van der Waals surface area contributed by atoms with E-state index in [9.17, 15) is 18.8 Å². The summed E-state index contributed by atoms with van der Waals surface area (Å²) in [6, 6.07) is 7.99. The van der Waals surface area contributed by atoms with Gasteiger partial charge in [0.25, 0.3) is 0 Å². The van der Waals surface area contributed by atoms with E-state index < -0.39 is 18.0 Å². The van der Waals surface area contributed by atoms with Crippen molar-refractivity contribution < 1.29 is 23.5 Å². The number of anilines is 2. The number of amides is 3. The molecule has 2 aromatic rings. The highest BCUT2D eigenvalue weighted by atomic mass is 19.1. The van der Waals surface area contributed by atoms with Crippen molar-refractivity contribution in [2.24, 2.45) is 5.10 Å². The lowest BCUT2D eigenvalue weighted by atomic mass is 10.1. The maximum atomic E-state index is 14.9. The first kappa shape index (κ1) is 21.2. The molecule has 0 bridgehead atoms. The van der Waals surface area contributed by atoms with Gasteiger partial charge in [0.15, 0.2) is 0 Å². The van der Waals surface area contributed by atoms with Gasteiger partial charge in [-0.3, -0.25) is 14.5 Å². The van der Waals surface area contributed by atoms with Gasteiger partial charge in [-0.25, -0.2) is 19.2 Å². The number of carbonyl (C=O) groups excluding carboxylic acids is 3. The first-order valence-corrected chi connectivity index (χ1v) is 9.96. The van der Waals surface area contributed by atoms with Crippen molar-refractivity contribution in [1.29, 1.82) is 0 Å². The number of benzene rings is 1. The molecular formula is C21H21FN6O4. The molecule has 1 fully saturated rings. The molecule has 1 unspecified atom stereocenters. The van der Waals surface area contributed by atoms with Crippen LogP contribution < -0.4 is 15.1 Å². The second-order valence-corrected chi connectivity index (χ2v) is 7.32. The minimum absolute atomic E-state index is 0.199. The van der Waals surface area contributed by atoms with Crippen LogP contribution in [-0.4, -0.2) is 67.0 Å². The van der Waals surface area contributed by atoms with Crippen LogP contribution in [0.4, 0.5) is 20.7 Å². The lowest BCUT2D eigenvalue weighted by Crippen LogP contribution is -2.37. The van der Waals surface area contributed by atoms with Crippen LogP contribution >= 0.6 is 0 Å². The molecule has 2 aliphatic rings. The Kier molecular flexibility index (Phi) is 5.97. The molecule has 166 valence electrons. The van der Waals surface area contributed by atoms with Crippen LogP contribution in [0.3, 0.4) is 0 Å². The summed E-state index contributed by atoms with van der Waals surface area (Å²) >= 11 is 0. The van der Waals surface area contributed by atoms with Gasteiger partial charge in [-0.15, -0.1) is 0 Å². The molecule has 3 heterocycles. The number of hydrogen-bond acceptors (Lipinski definition) is 7. The topological polar surface area (TPSA) is 107 Å². The Morgan fingerprint density at radius 2 is 2.16 bits per heavy atom. The van der Waals surface area contributed by atoms with E-state index in [1.165, 1.54) is 29.2 Å². The summed E-state index contributed by atoms with van der Waals surface area (Å²) in [6.07, 6.45) is 2.64. The highest BCUT2D eigenvalue weighted by Gasteiger charge is 2.32. The first-order chi connectivity index (χ1) is 15.4. The van der Waals surface area contributed by atoms with Crippen molar-refractivity contribution in [2.75, 3.05) is 36.0 Å². The number of nitrogens with zero attached hydrogens (tertiary/aromatic N) is 5. The molecule has 0 saturated carbocycles. The summed E-state index contributed by atoms with van der Waals surface area (Å²) in [5, 5.41) is 7.88. The molecule has 10 nitrogen and oxygen atoms in total. The standard InChI is InChI=1S/C21H21FN6O4/c1-14(30)23-10-17-11-28(21(31)32-17)16-3-4-18(19(22)8-16)15-2-5-20(24-9-15)26-6-7-27(13-29)25-12-26/h2-5,8-9,12-13,17H,6-7,10-11H2,1H3,(H,23,30). The number of aromatic nitrogens is 1. The van der Waals surface area contributed by atoms with Crippen LogP contribution in [0.25, 0.3) is 11.1 Å². The SMILES string of the molecule is CC(=O)NCC1CN(c2ccc(-c3ccc(N4C=NN(C=O)CC4)nc3)c(F)c2)C(=O)O1. The monoisotopic (exact) mass is 440 g/mol. The molecule has 1 saturated heterocycles. The van der Waals surface area contributed by atoms with Crippen LogP contribution in [0.1, 0.15) is 6.92 Å². The van der Waals surface area contributed by atoms with Gasteiger partial charge in [0.05, 0.1) is 25.3 Å². The van der Waals surface area contributed by atoms with Crippen LogP contribution in [0, 0.1) is 5.82 Å². The zero-order chi connectivity index (χ0) is 22.7. The Morgan fingerprint density at radius 3 is 2.78 bits per heavy atom. The lowest BCUT2D eigenvalue weighted by Gasteiger charge is -2.25. The number of carbonyl (C=O) groups is 3. The molecule has 32 heavy (non-hydrogen) atoms. The average Bonchev–Trinajstić information content (AvgIpc) is 3.18. The van der Waals surface area contributed by atoms with Gasteiger partial charge in [-0.05, 0) is 30.3 Å². The molecule has 1 aromatic carbocycles. The van der Waals surface area contributed by atoms with Crippen LogP contribution in [-0.2, 0) is 14.3 Å². The lowest BCUT2D eigenvalue weighted by molar-refractivity contribution is -0.119. The highest BCUT2D eigenvalue weighted by Crippen LogP contribution is 2.29. The van der Waals surface area contributed by atoms with Crippen LogP contribution in [0.5, 0.6) is 0 Å². The number of pyridine rings is 1. The molecule has 1 aromatic heterocycles. The smallest absolute Gasteiger partial charge is 0.414 e. The molecule has 0 radical (unpaired) electrons. The largest absolute Gasteiger partial charge is 0.442 e. The summed E-state index contributed by atoms with van der Waals surface area (Å²) in [6.45, 7) is 2.79. The normalized spacial score (nSPS) is 18.0. The number of hydrazone groups is 1. The fraction of sp³-hybridized carbons (Fsp3) is 0.286. The molecule has 2 aliphatic heterocycles. The fourth-order valence-electron chi connectivity index (χ4n) is 3.43. The van der Waals surface area contributed by atoms with E-state index in [-0.39, 0.29) is 19.0 Å². The van der Waals surface area contributed by atoms with E-state index in [2.05, 4.69) is 15.4 Å². The molecule has 0 aliphatic carbocycles.